The van der Waals surface area contributed by atoms with Crippen molar-refractivity contribution in [3.05, 3.63) is 48.0 Å². The zero-order valence-electron chi connectivity index (χ0n) is 12.4. The van der Waals surface area contributed by atoms with E-state index in [1.54, 1.807) is 0 Å². The third-order valence-electron chi connectivity index (χ3n) is 3.13. The van der Waals surface area contributed by atoms with E-state index < -0.39 is 18.5 Å². The third kappa shape index (κ3) is 3.44. The maximum atomic E-state index is 11.9. The number of carbonyl (C=O) groups is 2. The Labute approximate surface area is 140 Å². The number of amides is 1. The number of aromatic nitrogens is 1. The summed E-state index contributed by atoms with van der Waals surface area (Å²) in [5, 5.41) is 12.4. The Morgan fingerprint density at radius 2 is 2.04 bits per heavy atom. The lowest BCUT2D eigenvalue weighted by atomic mass is 10.2. The highest BCUT2D eigenvalue weighted by Gasteiger charge is 2.15. The maximum absolute atomic E-state index is 11.9. The first-order valence-corrected chi connectivity index (χ1v) is 7.75. The summed E-state index contributed by atoms with van der Waals surface area (Å²) < 4.78 is 5.85. The number of hydrogen-bond donors (Lipinski definition) is 3. The average molecular weight is 343 g/mol. The average Bonchev–Trinajstić information content (AvgIpc) is 2.97. The lowest BCUT2D eigenvalue weighted by Gasteiger charge is -2.07. The van der Waals surface area contributed by atoms with Gasteiger partial charge in [0.1, 0.15) is 5.75 Å². The van der Waals surface area contributed by atoms with Crippen molar-refractivity contribution in [1.29, 1.82) is 0 Å². The number of phenols is 1. The van der Waals surface area contributed by atoms with Gasteiger partial charge in [0.15, 0.2) is 11.7 Å². The van der Waals surface area contributed by atoms with Gasteiger partial charge in [0.2, 0.25) is 0 Å². The summed E-state index contributed by atoms with van der Waals surface area (Å²) in [5.74, 6) is -1.42. The van der Waals surface area contributed by atoms with Crippen LogP contribution in [0.25, 0.3) is 10.2 Å². The first-order chi connectivity index (χ1) is 11.5. The summed E-state index contributed by atoms with van der Waals surface area (Å²) in [5.41, 5.74) is 6.58. The van der Waals surface area contributed by atoms with Gasteiger partial charge < -0.3 is 15.6 Å². The third-order valence-corrected chi connectivity index (χ3v) is 4.08. The van der Waals surface area contributed by atoms with E-state index in [1.807, 2.05) is 24.3 Å². The molecule has 1 amide bonds. The fourth-order valence-electron chi connectivity index (χ4n) is 2.01. The second-order valence-corrected chi connectivity index (χ2v) is 5.91. The number of nitrogens with one attached hydrogen (secondary N) is 1. The van der Waals surface area contributed by atoms with Crippen molar-refractivity contribution in [3.63, 3.8) is 0 Å². The van der Waals surface area contributed by atoms with Crippen molar-refractivity contribution >= 4 is 44.2 Å². The molecular formula is C16H13N3O4S. The molecule has 122 valence electrons. The number of nitrogen functional groups attached to an aromatic ring is 1. The molecule has 1 aromatic heterocycles. The summed E-state index contributed by atoms with van der Waals surface area (Å²) in [4.78, 5) is 28.0. The van der Waals surface area contributed by atoms with Crippen LogP contribution >= 0.6 is 11.3 Å². The van der Waals surface area contributed by atoms with Crippen LogP contribution in [0.2, 0.25) is 0 Å². The van der Waals surface area contributed by atoms with E-state index in [9.17, 15) is 14.7 Å². The van der Waals surface area contributed by atoms with Gasteiger partial charge in [0.05, 0.1) is 15.8 Å². The standard InChI is InChI=1S/C16H13N3O4S/c17-11-6-5-9(20)7-10(11)15(22)23-8-14(21)19-16-18-12-3-1-2-4-13(12)24-16/h1-7,20H,8,17H2,(H,18,19,21). The van der Waals surface area contributed by atoms with Crippen molar-refractivity contribution in [1.82, 2.24) is 4.98 Å². The summed E-state index contributed by atoms with van der Waals surface area (Å²) in [6.07, 6.45) is 0. The molecule has 0 atom stereocenters. The summed E-state index contributed by atoms with van der Waals surface area (Å²) in [7, 11) is 0. The number of phenolic OH excluding ortho intramolecular Hbond substituents is 1. The number of anilines is 2. The van der Waals surface area contributed by atoms with E-state index in [4.69, 9.17) is 10.5 Å². The number of carbonyl (C=O) groups excluding carboxylic acids is 2. The van der Waals surface area contributed by atoms with Gasteiger partial charge >= 0.3 is 5.97 Å². The van der Waals surface area contributed by atoms with Gasteiger partial charge in [0.25, 0.3) is 5.91 Å². The molecule has 4 N–H and O–H groups in total. The SMILES string of the molecule is Nc1ccc(O)cc1C(=O)OCC(=O)Nc1nc2ccccc2s1. The molecule has 1 heterocycles. The van der Waals surface area contributed by atoms with Crippen LogP contribution in [-0.2, 0) is 9.53 Å². The molecule has 0 saturated heterocycles. The second-order valence-electron chi connectivity index (χ2n) is 4.88. The molecule has 0 aliphatic carbocycles. The normalized spacial score (nSPS) is 10.5. The molecule has 7 nitrogen and oxygen atoms in total. The van der Waals surface area contributed by atoms with Crippen LogP contribution in [0.5, 0.6) is 5.75 Å². The summed E-state index contributed by atoms with van der Waals surface area (Å²) in [6.45, 7) is -0.482. The molecular weight excluding hydrogens is 330 g/mol. The van der Waals surface area contributed by atoms with E-state index in [1.165, 1.54) is 29.5 Å². The summed E-state index contributed by atoms with van der Waals surface area (Å²) in [6, 6.07) is 11.4. The molecule has 0 aliphatic rings. The molecule has 2 aromatic carbocycles. The topological polar surface area (TPSA) is 115 Å². The van der Waals surface area contributed by atoms with Gasteiger partial charge in [-0.1, -0.05) is 23.5 Å². The number of rotatable bonds is 4. The highest BCUT2D eigenvalue weighted by molar-refractivity contribution is 7.22. The molecule has 3 rings (SSSR count). The van der Waals surface area contributed by atoms with Crippen LogP contribution in [0.15, 0.2) is 42.5 Å². The number of para-hydroxylation sites is 1. The predicted octanol–water partition coefficient (Wildman–Crippen LogP) is 2.38. The fourth-order valence-corrected chi connectivity index (χ4v) is 2.89. The van der Waals surface area contributed by atoms with Gasteiger partial charge in [-0.25, -0.2) is 9.78 Å². The van der Waals surface area contributed by atoms with E-state index in [-0.39, 0.29) is 17.0 Å². The molecule has 0 radical (unpaired) electrons. The predicted molar refractivity (Wildman–Crippen MR) is 91.1 cm³/mol. The molecule has 0 saturated carbocycles. The Morgan fingerprint density at radius 1 is 1.25 bits per heavy atom. The number of ether oxygens (including phenoxy) is 1. The number of esters is 1. The van der Waals surface area contributed by atoms with Gasteiger partial charge in [-0.05, 0) is 30.3 Å². The Balaban J connectivity index is 1.61. The highest BCUT2D eigenvalue weighted by atomic mass is 32.1. The summed E-state index contributed by atoms with van der Waals surface area (Å²) >= 11 is 1.32. The smallest absolute Gasteiger partial charge is 0.340 e. The number of aromatic hydroxyl groups is 1. The van der Waals surface area contributed by atoms with E-state index in [2.05, 4.69) is 10.3 Å². The van der Waals surface area contributed by atoms with Crippen LogP contribution in [0.3, 0.4) is 0 Å². The Hall–Kier alpha value is -3.13. The van der Waals surface area contributed by atoms with Crippen LogP contribution in [-0.4, -0.2) is 28.6 Å². The molecule has 24 heavy (non-hydrogen) atoms. The van der Waals surface area contributed by atoms with Crippen molar-refractivity contribution in [2.45, 2.75) is 0 Å². The number of fused-ring (bicyclic) bond motifs is 1. The van der Waals surface area contributed by atoms with Crippen molar-refractivity contribution in [2.75, 3.05) is 17.7 Å². The monoisotopic (exact) mass is 343 g/mol. The molecule has 0 bridgehead atoms. The van der Waals surface area contributed by atoms with Crippen molar-refractivity contribution in [2.24, 2.45) is 0 Å². The first-order valence-electron chi connectivity index (χ1n) is 6.94. The zero-order valence-corrected chi connectivity index (χ0v) is 13.2. The molecule has 0 spiro atoms. The van der Waals surface area contributed by atoms with Crippen LogP contribution in [0, 0.1) is 0 Å². The lowest BCUT2D eigenvalue weighted by molar-refractivity contribution is -0.119. The minimum atomic E-state index is -0.789. The molecule has 8 heteroatoms. The van der Waals surface area contributed by atoms with E-state index in [0.717, 1.165) is 10.2 Å². The van der Waals surface area contributed by atoms with E-state index >= 15 is 0 Å². The molecule has 0 fully saturated rings. The number of benzene rings is 2. The van der Waals surface area contributed by atoms with Crippen LogP contribution in [0.4, 0.5) is 10.8 Å². The Kier molecular flexibility index (Phi) is 4.30. The number of hydrogen-bond acceptors (Lipinski definition) is 7. The quantitative estimate of drug-likeness (QED) is 0.381. The van der Waals surface area contributed by atoms with Gasteiger partial charge in [0, 0.05) is 5.69 Å². The van der Waals surface area contributed by atoms with Crippen molar-refractivity contribution < 1.29 is 19.4 Å². The lowest BCUT2D eigenvalue weighted by Crippen LogP contribution is -2.21. The van der Waals surface area contributed by atoms with Gasteiger partial charge in [-0.2, -0.15) is 0 Å². The number of nitrogens with zero attached hydrogens (tertiary/aromatic N) is 1. The van der Waals surface area contributed by atoms with Crippen LogP contribution < -0.4 is 11.1 Å². The van der Waals surface area contributed by atoms with E-state index in [0.29, 0.717) is 5.13 Å². The minimum Gasteiger partial charge on any atom is -0.508 e. The van der Waals surface area contributed by atoms with Gasteiger partial charge in [-0.15, -0.1) is 0 Å². The molecule has 3 aromatic rings. The molecule has 0 aliphatic heterocycles. The zero-order chi connectivity index (χ0) is 17.1. The van der Waals surface area contributed by atoms with Gasteiger partial charge in [-0.3, -0.25) is 10.1 Å². The Morgan fingerprint density at radius 3 is 2.83 bits per heavy atom. The second kappa shape index (κ2) is 6.55. The first kappa shape index (κ1) is 15.8. The van der Waals surface area contributed by atoms with Crippen LogP contribution in [0.1, 0.15) is 10.4 Å². The largest absolute Gasteiger partial charge is 0.508 e. The molecule has 0 unspecified atom stereocenters. The number of thiazole rings is 1. The fraction of sp³-hybridized carbons (Fsp3) is 0.0625. The maximum Gasteiger partial charge on any atom is 0.340 e. The number of nitrogens with two attached hydrogens (primary N) is 1. The Bertz CT molecular complexity index is 890. The van der Waals surface area contributed by atoms with Crippen molar-refractivity contribution in [3.8, 4) is 5.75 Å². The highest BCUT2D eigenvalue weighted by Crippen LogP contribution is 2.25. The minimum absolute atomic E-state index is 0.00258.